The molecule has 0 radical (unpaired) electrons. The van der Waals surface area contributed by atoms with E-state index >= 15 is 0 Å². The summed E-state index contributed by atoms with van der Waals surface area (Å²) in [5, 5.41) is 10.3. The number of hydrogen-bond donors (Lipinski definition) is 0. The van der Waals surface area contributed by atoms with Crippen molar-refractivity contribution in [1.29, 1.82) is 0 Å². The average molecular weight is 388 g/mol. The Morgan fingerprint density at radius 3 is 2.69 bits per heavy atom. The van der Waals surface area contributed by atoms with E-state index in [2.05, 4.69) is 52.9 Å². The SMILES string of the molecule is CCn1c(SCc2ccccc2C)nnc1C(C)Oc1cccc(Cl)c1. The number of thioether (sulfide) groups is 1. The van der Waals surface area contributed by atoms with Crippen LogP contribution in [-0.2, 0) is 12.3 Å². The van der Waals surface area contributed by atoms with Crippen LogP contribution in [0.25, 0.3) is 0 Å². The second-order valence-corrected chi connectivity index (χ2v) is 7.40. The first-order chi connectivity index (χ1) is 12.6. The van der Waals surface area contributed by atoms with Gasteiger partial charge in [-0.2, -0.15) is 0 Å². The molecule has 0 bridgehead atoms. The number of aryl methyl sites for hydroxylation is 1. The van der Waals surface area contributed by atoms with Crippen LogP contribution in [0.1, 0.15) is 36.9 Å². The zero-order valence-electron chi connectivity index (χ0n) is 15.1. The minimum absolute atomic E-state index is 0.214. The van der Waals surface area contributed by atoms with Crippen LogP contribution < -0.4 is 4.74 Å². The Hall–Kier alpha value is -1.98. The number of rotatable bonds is 7. The van der Waals surface area contributed by atoms with Crippen molar-refractivity contribution in [1.82, 2.24) is 14.8 Å². The molecule has 0 aliphatic carbocycles. The van der Waals surface area contributed by atoms with Gasteiger partial charge in [0.15, 0.2) is 17.1 Å². The van der Waals surface area contributed by atoms with Crippen molar-refractivity contribution in [2.24, 2.45) is 0 Å². The summed E-state index contributed by atoms with van der Waals surface area (Å²) in [6.07, 6.45) is -0.214. The lowest BCUT2D eigenvalue weighted by atomic mass is 10.1. The minimum atomic E-state index is -0.214. The maximum atomic E-state index is 6.03. The van der Waals surface area contributed by atoms with E-state index in [-0.39, 0.29) is 6.10 Å². The molecular formula is C20H22ClN3OS. The molecule has 6 heteroatoms. The van der Waals surface area contributed by atoms with Crippen molar-refractivity contribution >= 4 is 23.4 Å². The largest absolute Gasteiger partial charge is 0.483 e. The van der Waals surface area contributed by atoms with E-state index < -0.39 is 0 Å². The summed E-state index contributed by atoms with van der Waals surface area (Å²) in [6, 6.07) is 15.8. The third-order valence-corrected chi connectivity index (χ3v) is 5.40. The van der Waals surface area contributed by atoms with Gasteiger partial charge in [-0.25, -0.2) is 0 Å². The summed E-state index contributed by atoms with van der Waals surface area (Å²) in [4.78, 5) is 0. The van der Waals surface area contributed by atoms with Crippen molar-refractivity contribution < 1.29 is 4.74 Å². The first-order valence-corrected chi connectivity index (χ1v) is 9.97. The third kappa shape index (κ3) is 4.40. The highest BCUT2D eigenvalue weighted by atomic mass is 35.5. The van der Waals surface area contributed by atoms with Crippen LogP contribution in [-0.4, -0.2) is 14.8 Å². The molecule has 1 atom stereocenters. The van der Waals surface area contributed by atoms with Crippen LogP contribution in [0, 0.1) is 6.92 Å². The Labute approximate surface area is 163 Å². The topological polar surface area (TPSA) is 39.9 Å². The van der Waals surface area contributed by atoms with Crippen molar-refractivity contribution in [3.8, 4) is 5.75 Å². The molecule has 1 unspecified atom stereocenters. The molecule has 2 aromatic carbocycles. The molecule has 0 saturated carbocycles. The molecule has 0 fully saturated rings. The Balaban J connectivity index is 1.74. The van der Waals surface area contributed by atoms with Gasteiger partial charge in [0, 0.05) is 17.3 Å². The Bertz CT molecular complexity index is 881. The van der Waals surface area contributed by atoms with Gasteiger partial charge in [0.05, 0.1) is 0 Å². The van der Waals surface area contributed by atoms with Crippen molar-refractivity contribution in [2.75, 3.05) is 0 Å². The molecule has 0 spiro atoms. The van der Waals surface area contributed by atoms with E-state index in [1.807, 2.05) is 25.1 Å². The lowest BCUT2D eigenvalue weighted by molar-refractivity contribution is 0.210. The predicted octanol–water partition coefficient (Wildman–Crippen LogP) is 5.69. The Morgan fingerprint density at radius 2 is 1.96 bits per heavy atom. The lowest BCUT2D eigenvalue weighted by Gasteiger charge is -2.15. The smallest absolute Gasteiger partial charge is 0.191 e. The highest BCUT2D eigenvalue weighted by Crippen LogP contribution is 2.28. The minimum Gasteiger partial charge on any atom is -0.483 e. The summed E-state index contributed by atoms with van der Waals surface area (Å²) in [5.41, 5.74) is 2.60. The Kier molecular flexibility index (Phi) is 6.22. The van der Waals surface area contributed by atoms with E-state index in [1.165, 1.54) is 11.1 Å². The molecule has 0 aliphatic rings. The summed E-state index contributed by atoms with van der Waals surface area (Å²) in [5.74, 6) is 2.42. The molecule has 1 heterocycles. The van der Waals surface area contributed by atoms with Gasteiger partial charge in [0.2, 0.25) is 0 Å². The van der Waals surface area contributed by atoms with Gasteiger partial charge in [-0.05, 0) is 50.1 Å². The zero-order chi connectivity index (χ0) is 18.5. The fourth-order valence-corrected chi connectivity index (χ4v) is 3.98. The van der Waals surface area contributed by atoms with Crippen LogP contribution >= 0.6 is 23.4 Å². The van der Waals surface area contributed by atoms with Crippen LogP contribution in [0.2, 0.25) is 5.02 Å². The van der Waals surface area contributed by atoms with Gasteiger partial charge in [0.25, 0.3) is 0 Å². The van der Waals surface area contributed by atoms with Gasteiger partial charge < -0.3 is 9.30 Å². The third-order valence-electron chi connectivity index (χ3n) is 4.15. The van der Waals surface area contributed by atoms with E-state index in [9.17, 15) is 0 Å². The molecule has 0 aliphatic heterocycles. The van der Waals surface area contributed by atoms with Crippen molar-refractivity contribution in [3.63, 3.8) is 0 Å². The zero-order valence-corrected chi connectivity index (χ0v) is 16.7. The second-order valence-electron chi connectivity index (χ2n) is 6.02. The van der Waals surface area contributed by atoms with E-state index in [4.69, 9.17) is 16.3 Å². The maximum absolute atomic E-state index is 6.03. The molecule has 26 heavy (non-hydrogen) atoms. The first-order valence-electron chi connectivity index (χ1n) is 8.61. The number of hydrogen-bond acceptors (Lipinski definition) is 4. The summed E-state index contributed by atoms with van der Waals surface area (Å²) >= 11 is 7.73. The van der Waals surface area contributed by atoms with Gasteiger partial charge >= 0.3 is 0 Å². The normalized spacial score (nSPS) is 12.2. The van der Waals surface area contributed by atoms with Crippen LogP contribution in [0.4, 0.5) is 0 Å². The Morgan fingerprint density at radius 1 is 1.15 bits per heavy atom. The van der Waals surface area contributed by atoms with E-state index in [0.717, 1.165) is 29.0 Å². The summed E-state index contributed by atoms with van der Waals surface area (Å²) in [6.45, 7) is 7.00. The highest BCUT2D eigenvalue weighted by Gasteiger charge is 2.19. The number of aromatic nitrogens is 3. The molecule has 3 rings (SSSR count). The van der Waals surface area contributed by atoms with Crippen molar-refractivity contribution in [3.05, 3.63) is 70.5 Å². The van der Waals surface area contributed by atoms with Crippen LogP contribution in [0.15, 0.2) is 53.7 Å². The number of nitrogens with zero attached hydrogens (tertiary/aromatic N) is 3. The van der Waals surface area contributed by atoms with Crippen LogP contribution in [0.5, 0.6) is 5.75 Å². The highest BCUT2D eigenvalue weighted by molar-refractivity contribution is 7.98. The monoisotopic (exact) mass is 387 g/mol. The molecule has 3 aromatic rings. The maximum Gasteiger partial charge on any atom is 0.191 e. The fourth-order valence-electron chi connectivity index (χ4n) is 2.72. The van der Waals surface area contributed by atoms with Gasteiger partial charge in [0.1, 0.15) is 5.75 Å². The molecule has 4 nitrogen and oxygen atoms in total. The van der Waals surface area contributed by atoms with Gasteiger partial charge in [-0.1, -0.05) is 53.7 Å². The predicted molar refractivity (Wildman–Crippen MR) is 107 cm³/mol. The van der Waals surface area contributed by atoms with Crippen LogP contribution in [0.3, 0.4) is 0 Å². The molecule has 136 valence electrons. The standard InChI is InChI=1S/C20H22ClN3OS/c1-4-24-19(15(3)25-18-11-7-10-17(21)12-18)22-23-20(24)26-13-16-9-6-5-8-14(16)2/h5-12,15H,4,13H2,1-3H3. The molecule has 0 amide bonds. The quantitative estimate of drug-likeness (QED) is 0.488. The lowest BCUT2D eigenvalue weighted by Crippen LogP contribution is -2.12. The van der Waals surface area contributed by atoms with Gasteiger partial charge in [-0.3, -0.25) is 0 Å². The molecule has 0 saturated heterocycles. The second kappa shape index (κ2) is 8.60. The molecule has 1 aromatic heterocycles. The van der Waals surface area contributed by atoms with E-state index in [0.29, 0.717) is 5.02 Å². The number of ether oxygens (including phenoxy) is 1. The molecule has 0 N–H and O–H groups in total. The average Bonchev–Trinajstić information content (AvgIpc) is 3.04. The molecular weight excluding hydrogens is 366 g/mol. The number of halogens is 1. The fraction of sp³-hybridized carbons (Fsp3) is 0.300. The summed E-state index contributed by atoms with van der Waals surface area (Å²) < 4.78 is 8.11. The van der Waals surface area contributed by atoms with Crippen molar-refractivity contribution in [2.45, 2.75) is 44.3 Å². The first kappa shape index (κ1) is 18.8. The van der Waals surface area contributed by atoms with Gasteiger partial charge in [-0.15, -0.1) is 10.2 Å². The number of benzene rings is 2. The van der Waals surface area contributed by atoms with E-state index in [1.54, 1.807) is 17.8 Å². The summed E-state index contributed by atoms with van der Waals surface area (Å²) in [7, 11) is 0.